The Bertz CT molecular complexity index is 942. The van der Waals surface area contributed by atoms with E-state index in [1.807, 2.05) is 6.92 Å². The Hall–Kier alpha value is -2.87. The average Bonchev–Trinajstić information content (AvgIpc) is 2.95. The van der Waals surface area contributed by atoms with Gasteiger partial charge in [0.05, 0.1) is 5.69 Å². The van der Waals surface area contributed by atoms with Crippen LogP contribution in [-0.4, -0.2) is 17.5 Å². The molecule has 0 radical (unpaired) electrons. The predicted octanol–water partition coefficient (Wildman–Crippen LogP) is 4.55. The van der Waals surface area contributed by atoms with Gasteiger partial charge in [-0.3, -0.25) is 10.1 Å². The van der Waals surface area contributed by atoms with Crippen molar-refractivity contribution in [1.29, 1.82) is 0 Å². The Morgan fingerprint density at radius 3 is 2.50 bits per heavy atom. The smallest absolute Gasteiger partial charge is 0.264 e. The number of hydrogen-bond donors (Lipinski definition) is 1. The van der Waals surface area contributed by atoms with E-state index in [0.717, 1.165) is 22.6 Å². The maximum atomic E-state index is 13.5. The molecule has 3 aromatic rings. The number of carbonyl (C=O) groups excluding carboxylic acids is 1. The standard InChI is InChI=1S/C18H13F3N2O2S/c1-10-17(11-2-4-12(19)5-3-11)23-18(26-10)22-16(24)9-25-15-7-6-13(20)8-14(15)21/h2-8H,9H2,1H3,(H,22,23,24). The highest BCUT2D eigenvalue weighted by Gasteiger charge is 2.13. The number of benzene rings is 2. The number of nitrogens with zero attached hydrogens (tertiary/aromatic N) is 1. The number of thiazole rings is 1. The number of hydrogen-bond acceptors (Lipinski definition) is 4. The minimum atomic E-state index is -0.888. The van der Waals surface area contributed by atoms with Gasteiger partial charge < -0.3 is 4.74 Å². The van der Waals surface area contributed by atoms with Gasteiger partial charge in [-0.1, -0.05) is 0 Å². The second-order valence-electron chi connectivity index (χ2n) is 5.34. The summed E-state index contributed by atoms with van der Waals surface area (Å²) in [6.45, 7) is 1.38. The molecule has 4 nitrogen and oxygen atoms in total. The van der Waals surface area contributed by atoms with E-state index in [-0.39, 0.29) is 11.6 Å². The Balaban J connectivity index is 1.64. The fraction of sp³-hybridized carbons (Fsp3) is 0.111. The molecule has 0 saturated heterocycles. The molecular weight excluding hydrogens is 365 g/mol. The van der Waals surface area contributed by atoms with Gasteiger partial charge in [0, 0.05) is 16.5 Å². The van der Waals surface area contributed by atoms with E-state index in [9.17, 15) is 18.0 Å². The van der Waals surface area contributed by atoms with E-state index in [2.05, 4.69) is 10.3 Å². The molecule has 0 unspecified atom stereocenters. The van der Waals surface area contributed by atoms with Crippen LogP contribution in [-0.2, 0) is 4.79 Å². The predicted molar refractivity (Wildman–Crippen MR) is 92.7 cm³/mol. The molecule has 3 rings (SSSR count). The lowest BCUT2D eigenvalue weighted by molar-refractivity contribution is -0.118. The minimum absolute atomic E-state index is 0.219. The molecule has 1 aromatic heterocycles. The van der Waals surface area contributed by atoms with Crippen molar-refractivity contribution in [2.24, 2.45) is 0 Å². The number of amides is 1. The lowest BCUT2D eigenvalue weighted by Gasteiger charge is -2.06. The van der Waals surface area contributed by atoms with Gasteiger partial charge in [0.2, 0.25) is 0 Å². The molecule has 1 heterocycles. The van der Waals surface area contributed by atoms with E-state index in [1.165, 1.54) is 23.5 Å². The van der Waals surface area contributed by atoms with Gasteiger partial charge in [0.15, 0.2) is 23.3 Å². The number of ether oxygens (including phenoxy) is 1. The van der Waals surface area contributed by atoms with Crippen LogP contribution in [0.4, 0.5) is 18.3 Å². The molecule has 0 bridgehead atoms. The third-order valence-corrected chi connectivity index (χ3v) is 4.30. The van der Waals surface area contributed by atoms with Crippen molar-refractivity contribution in [1.82, 2.24) is 4.98 Å². The number of halogens is 3. The van der Waals surface area contributed by atoms with Crippen molar-refractivity contribution in [3.05, 3.63) is 64.8 Å². The molecule has 0 aliphatic rings. The number of aryl methyl sites for hydroxylation is 1. The number of nitrogens with one attached hydrogen (secondary N) is 1. The van der Waals surface area contributed by atoms with Crippen LogP contribution in [0.1, 0.15) is 4.88 Å². The van der Waals surface area contributed by atoms with Crippen molar-refractivity contribution in [3.8, 4) is 17.0 Å². The summed E-state index contributed by atoms with van der Waals surface area (Å²) in [5.41, 5.74) is 1.36. The van der Waals surface area contributed by atoms with Crippen molar-refractivity contribution < 1.29 is 22.7 Å². The maximum absolute atomic E-state index is 13.5. The quantitative estimate of drug-likeness (QED) is 0.709. The summed E-state index contributed by atoms with van der Waals surface area (Å²) in [5, 5.41) is 2.90. The first kappa shape index (κ1) is 17.9. The molecule has 1 amide bonds. The lowest BCUT2D eigenvalue weighted by atomic mass is 10.1. The van der Waals surface area contributed by atoms with Gasteiger partial charge in [-0.2, -0.15) is 0 Å². The number of carbonyl (C=O) groups is 1. The van der Waals surface area contributed by atoms with Gasteiger partial charge in [-0.15, -0.1) is 11.3 Å². The van der Waals surface area contributed by atoms with Gasteiger partial charge in [-0.05, 0) is 43.3 Å². The molecule has 134 valence electrons. The zero-order valence-corrected chi connectivity index (χ0v) is 14.4. The first-order valence-corrected chi connectivity index (χ1v) is 8.35. The van der Waals surface area contributed by atoms with E-state index in [0.29, 0.717) is 16.9 Å². The molecule has 0 aliphatic carbocycles. The summed E-state index contributed by atoms with van der Waals surface area (Å²) >= 11 is 1.25. The van der Waals surface area contributed by atoms with Gasteiger partial charge >= 0.3 is 0 Å². The number of rotatable bonds is 5. The molecule has 0 fully saturated rings. The zero-order chi connectivity index (χ0) is 18.7. The third kappa shape index (κ3) is 4.20. The van der Waals surface area contributed by atoms with E-state index < -0.39 is 24.1 Å². The van der Waals surface area contributed by atoms with Crippen LogP contribution in [0, 0.1) is 24.4 Å². The largest absolute Gasteiger partial charge is 0.481 e. The van der Waals surface area contributed by atoms with Crippen LogP contribution in [0.5, 0.6) is 5.75 Å². The second-order valence-corrected chi connectivity index (χ2v) is 6.55. The summed E-state index contributed by atoms with van der Waals surface area (Å²) in [6.07, 6.45) is 0. The Kier molecular flexibility index (Phi) is 5.22. The SMILES string of the molecule is Cc1sc(NC(=O)COc2ccc(F)cc2F)nc1-c1ccc(F)cc1. The molecule has 1 N–H and O–H groups in total. The van der Waals surface area contributed by atoms with E-state index in [4.69, 9.17) is 4.74 Å². The van der Waals surface area contributed by atoms with Crippen LogP contribution < -0.4 is 10.1 Å². The minimum Gasteiger partial charge on any atom is -0.481 e. The Morgan fingerprint density at radius 2 is 1.81 bits per heavy atom. The van der Waals surface area contributed by atoms with Crippen LogP contribution in [0.2, 0.25) is 0 Å². The molecule has 0 saturated carbocycles. The summed E-state index contributed by atoms with van der Waals surface area (Å²) in [6, 6.07) is 8.68. The maximum Gasteiger partial charge on any atom is 0.264 e. The first-order chi connectivity index (χ1) is 12.4. The molecular formula is C18H13F3N2O2S. The fourth-order valence-electron chi connectivity index (χ4n) is 2.22. The van der Waals surface area contributed by atoms with Gasteiger partial charge in [-0.25, -0.2) is 18.2 Å². The van der Waals surface area contributed by atoms with Crippen LogP contribution in [0.25, 0.3) is 11.3 Å². The Labute approximate surface area is 151 Å². The number of aromatic nitrogens is 1. The van der Waals surface area contributed by atoms with Crippen molar-refractivity contribution in [3.63, 3.8) is 0 Å². The fourth-order valence-corrected chi connectivity index (χ4v) is 3.07. The first-order valence-electron chi connectivity index (χ1n) is 7.53. The summed E-state index contributed by atoms with van der Waals surface area (Å²) in [7, 11) is 0. The van der Waals surface area contributed by atoms with Crippen LogP contribution >= 0.6 is 11.3 Å². The van der Waals surface area contributed by atoms with Gasteiger partial charge in [0.1, 0.15) is 11.6 Å². The highest BCUT2D eigenvalue weighted by atomic mass is 32.1. The zero-order valence-electron chi connectivity index (χ0n) is 13.6. The third-order valence-electron chi connectivity index (χ3n) is 3.41. The summed E-state index contributed by atoms with van der Waals surface area (Å²) in [4.78, 5) is 17.1. The van der Waals surface area contributed by atoms with E-state index >= 15 is 0 Å². The lowest BCUT2D eigenvalue weighted by Crippen LogP contribution is -2.20. The highest BCUT2D eigenvalue weighted by molar-refractivity contribution is 7.16. The van der Waals surface area contributed by atoms with Crippen LogP contribution in [0.3, 0.4) is 0 Å². The summed E-state index contributed by atoms with van der Waals surface area (Å²) < 4.78 is 44.4. The van der Waals surface area contributed by atoms with Crippen molar-refractivity contribution in [2.45, 2.75) is 6.92 Å². The molecule has 8 heteroatoms. The van der Waals surface area contributed by atoms with Crippen LogP contribution in [0.15, 0.2) is 42.5 Å². The second kappa shape index (κ2) is 7.57. The molecule has 0 atom stereocenters. The molecule has 2 aromatic carbocycles. The summed E-state index contributed by atoms with van der Waals surface area (Å²) in [5.74, 6) is -2.72. The number of anilines is 1. The molecule has 0 aliphatic heterocycles. The monoisotopic (exact) mass is 378 g/mol. The molecule has 26 heavy (non-hydrogen) atoms. The highest BCUT2D eigenvalue weighted by Crippen LogP contribution is 2.30. The van der Waals surface area contributed by atoms with Crippen molar-refractivity contribution in [2.75, 3.05) is 11.9 Å². The van der Waals surface area contributed by atoms with Gasteiger partial charge in [0.25, 0.3) is 5.91 Å². The van der Waals surface area contributed by atoms with Crippen molar-refractivity contribution >= 4 is 22.4 Å². The average molecular weight is 378 g/mol. The normalized spacial score (nSPS) is 10.6. The topological polar surface area (TPSA) is 51.2 Å². The Morgan fingerprint density at radius 1 is 1.12 bits per heavy atom. The molecule has 0 spiro atoms. The van der Waals surface area contributed by atoms with E-state index in [1.54, 1.807) is 12.1 Å².